The molecule has 0 spiro atoms. The van der Waals surface area contributed by atoms with Gasteiger partial charge in [-0.2, -0.15) is 0 Å². The van der Waals surface area contributed by atoms with Crippen molar-refractivity contribution >= 4 is 41.0 Å². The van der Waals surface area contributed by atoms with Crippen molar-refractivity contribution in [2.75, 3.05) is 5.75 Å². The molecule has 0 aliphatic carbocycles. The van der Waals surface area contributed by atoms with E-state index < -0.39 is 5.97 Å². The second-order valence-corrected chi connectivity index (χ2v) is 4.02. The van der Waals surface area contributed by atoms with E-state index in [1.54, 1.807) is 0 Å². The van der Waals surface area contributed by atoms with Crippen LogP contribution in [0.5, 0.6) is 0 Å². The Morgan fingerprint density at radius 2 is 2.00 bits per heavy atom. The summed E-state index contributed by atoms with van der Waals surface area (Å²) in [6.07, 6.45) is 0. The minimum absolute atomic E-state index is 0. The Morgan fingerprint density at radius 1 is 1.25 bits per heavy atom. The zero-order chi connectivity index (χ0) is 10.7. The molecule has 1 N–H and O–H groups in total. The number of benzene rings is 1. The zero-order valence-corrected chi connectivity index (χ0v) is 9.92. The molecule has 3 nitrogen and oxygen atoms in total. The molecule has 0 saturated carbocycles. The lowest BCUT2D eigenvalue weighted by molar-refractivity contribution is -0.133. The SMILES string of the molecule is Cl.O=C(O)CSc1ccc2ccccc2n1. The molecule has 1 aromatic carbocycles. The largest absolute Gasteiger partial charge is 0.481 e. The maximum absolute atomic E-state index is 10.4. The quantitative estimate of drug-likeness (QED) is 0.857. The second-order valence-electron chi connectivity index (χ2n) is 3.02. The van der Waals surface area contributed by atoms with Crippen LogP contribution in [0.3, 0.4) is 0 Å². The molecule has 0 radical (unpaired) electrons. The van der Waals surface area contributed by atoms with Crippen LogP contribution in [0, 0.1) is 0 Å². The van der Waals surface area contributed by atoms with Crippen molar-refractivity contribution in [3.63, 3.8) is 0 Å². The molecule has 1 heterocycles. The Hall–Kier alpha value is -1.26. The third-order valence-electron chi connectivity index (χ3n) is 1.92. The lowest BCUT2D eigenvalue weighted by Gasteiger charge is -2.00. The molecular weight excluding hydrogens is 246 g/mol. The number of aliphatic carboxylic acids is 1. The predicted octanol–water partition coefficient (Wildman–Crippen LogP) is 2.83. The Bertz CT molecular complexity index is 504. The number of hydrogen-bond acceptors (Lipinski definition) is 3. The molecule has 2 rings (SSSR count). The lowest BCUT2D eigenvalue weighted by atomic mass is 10.2. The minimum Gasteiger partial charge on any atom is -0.481 e. The molecule has 16 heavy (non-hydrogen) atoms. The van der Waals surface area contributed by atoms with Crippen molar-refractivity contribution in [2.45, 2.75) is 5.03 Å². The van der Waals surface area contributed by atoms with Crippen LogP contribution in [-0.2, 0) is 4.79 Å². The second kappa shape index (κ2) is 5.72. The molecule has 5 heteroatoms. The maximum Gasteiger partial charge on any atom is 0.313 e. The molecular formula is C11H10ClNO2S. The van der Waals surface area contributed by atoms with E-state index in [1.807, 2.05) is 36.4 Å². The monoisotopic (exact) mass is 255 g/mol. The highest BCUT2D eigenvalue weighted by Gasteiger charge is 2.01. The van der Waals surface area contributed by atoms with Gasteiger partial charge in [-0.3, -0.25) is 4.79 Å². The van der Waals surface area contributed by atoms with E-state index in [9.17, 15) is 4.79 Å². The molecule has 0 unspecified atom stereocenters. The first-order chi connectivity index (χ1) is 7.25. The Kier molecular flexibility index (Phi) is 4.58. The molecule has 0 amide bonds. The number of pyridine rings is 1. The highest BCUT2D eigenvalue weighted by Crippen LogP contribution is 2.19. The molecule has 0 saturated heterocycles. The summed E-state index contributed by atoms with van der Waals surface area (Å²) in [5.74, 6) is -0.777. The van der Waals surface area contributed by atoms with E-state index >= 15 is 0 Å². The fraction of sp³-hybridized carbons (Fsp3) is 0.0909. The van der Waals surface area contributed by atoms with Gasteiger partial charge in [0.05, 0.1) is 16.3 Å². The first kappa shape index (κ1) is 12.8. The van der Waals surface area contributed by atoms with E-state index in [2.05, 4.69) is 4.98 Å². The maximum atomic E-state index is 10.4. The van der Waals surface area contributed by atoms with E-state index in [0.717, 1.165) is 15.9 Å². The Balaban J connectivity index is 0.00000128. The third kappa shape index (κ3) is 3.12. The number of carboxylic acids is 1. The summed E-state index contributed by atoms with van der Waals surface area (Å²) in [4.78, 5) is 14.7. The van der Waals surface area contributed by atoms with Gasteiger partial charge in [-0.15, -0.1) is 12.4 Å². The van der Waals surface area contributed by atoms with Gasteiger partial charge in [-0.1, -0.05) is 36.0 Å². The fourth-order valence-electron chi connectivity index (χ4n) is 1.26. The number of para-hydroxylation sites is 1. The fourth-order valence-corrected chi connectivity index (χ4v) is 1.86. The first-order valence-corrected chi connectivity index (χ1v) is 5.44. The van der Waals surface area contributed by atoms with Crippen LogP contribution in [0.4, 0.5) is 0 Å². The normalized spacial score (nSPS) is 9.75. The number of thioether (sulfide) groups is 1. The van der Waals surface area contributed by atoms with Crippen LogP contribution < -0.4 is 0 Å². The number of carbonyl (C=O) groups is 1. The number of carboxylic acid groups (broad SMARTS) is 1. The zero-order valence-electron chi connectivity index (χ0n) is 8.29. The number of hydrogen-bond donors (Lipinski definition) is 1. The minimum atomic E-state index is -0.824. The van der Waals surface area contributed by atoms with Gasteiger partial charge < -0.3 is 5.11 Å². The van der Waals surface area contributed by atoms with Crippen LogP contribution in [0.1, 0.15) is 0 Å². The van der Waals surface area contributed by atoms with E-state index in [1.165, 1.54) is 11.8 Å². The first-order valence-electron chi connectivity index (χ1n) is 4.46. The molecule has 84 valence electrons. The molecule has 0 fully saturated rings. The van der Waals surface area contributed by atoms with Crippen molar-refractivity contribution in [3.8, 4) is 0 Å². The number of aromatic nitrogens is 1. The highest BCUT2D eigenvalue weighted by atomic mass is 35.5. The van der Waals surface area contributed by atoms with Crippen LogP contribution in [0.25, 0.3) is 10.9 Å². The molecule has 0 aliphatic heterocycles. The Morgan fingerprint density at radius 3 is 2.75 bits per heavy atom. The van der Waals surface area contributed by atoms with Gasteiger partial charge in [0.1, 0.15) is 0 Å². The standard InChI is InChI=1S/C11H9NO2S.ClH/c13-11(14)7-15-10-6-5-8-3-1-2-4-9(8)12-10;/h1-6H,7H2,(H,13,14);1H. The average Bonchev–Trinajstić information content (AvgIpc) is 2.26. The van der Waals surface area contributed by atoms with E-state index in [0.29, 0.717) is 0 Å². The van der Waals surface area contributed by atoms with Crippen molar-refractivity contribution in [1.82, 2.24) is 4.98 Å². The third-order valence-corrected chi connectivity index (χ3v) is 2.83. The summed E-state index contributed by atoms with van der Waals surface area (Å²) in [5, 5.41) is 10.4. The molecule has 0 aliphatic rings. The highest BCUT2D eigenvalue weighted by molar-refractivity contribution is 7.99. The van der Waals surface area contributed by atoms with Crippen molar-refractivity contribution in [3.05, 3.63) is 36.4 Å². The summed E-state index contributed by atoms with van der Waals surface area (Å²) in [5.41, 5.74) is 0.896. The van der Waals surface area contributed by atoms with Crippen molar-refractivity contribution in [1.29, 1.82) is 0 Å². The van der Waals surface area contributed by atoms with Gasteiger partial charge in [-0.05, 0) is 12.1 Å². The summed E-state index contributed by atoms with van der Waals surface area (Å²) in [6, 6.07) is 11.6. The smallest absolute Gasteiger partial charge is 0.313 e. The van der Waals surface area contributed by atoms with Crippen LogP contribution in [0.15, 0.2) is 41.4 Å². The Labute approximate surface area is 103 Å². The van der Waals surface area contributed by atoms with Crippen molar-refractivity contribution < 1.29 is 9.90 Å². The summed E-state index contributed by atoms with van der Waals surface area (Å²) in [6.45, 7) is 0. The van der Waals surface area contributed by atoms with Gasteiger partial charge in [-0.25, -0.2) is 4.98 Å². The van der Waals surface area contributed by atoms with Crippen LogP contribution >= 0.6 is 24.2 Å². The van der Waals surface area contributed by atoms with Crippen molar-refractivity contribution in [2.24, 2.45) is 0 Å². The molecule has 2 aromatic rings. The molecule has 1 aromatic heterocycles. The van der Waals surface area contributed by atoms with Gasteiger partial charge in [0, 0.05) is 5.39 Å². The predicted molar refractivity (Wildman–Crippen MR) is 67.4 cm³/mol. The van der Waals surface area contributed by atoms with Gasteiger partial charge in [0.15, 0.2) is 0 Å². The number of nitrogens with zero attached hydrogens (tertiary/aromatic N) is 1. The lowest BCUT2D eigenvalue weighted by Crippen LogP contribution is -1.97. The number of fused-ring (bicyclic) bond motifs is 1. The summed E-state index contributed by atoms with van der Waals surface area (Å²) in [7, 11) is 0. The number of halogens is 1. The van der Waals surface area contributed by atoms with Gasteiger partial charge >= 0.3 is 5.97 Å². The molecule has 0 atom stereocenters. The van der Waals surface area contributed by atoms with Crippen LogP contribution in [-0.4, -0.2) is 21.8 Å². The van der Waals surface area contributed by atoms with Crippen LogP contribution in [0.2, 0.25) is 0 Å². The van der Waals surface area contributed by atoms with Gasteiger partial charge in [0.25, 0.3) is 0 Å². The topological polar surface area (TPSA) is 50.2 Å². The average molecular weight is 256 g/mol. The van der Waals surface area contributed by atoms with Gasteiger partial charge in [0.2, 0.25) is 0 Å². The van der Waals surface area contributed by atoms with E-state index in [-0.39, 0.29) is 18.2 Å². The summed E-state index contributed by atoms with van der Waals surface area (Å²) >= 11 is 1.23. The summed E-state index contributed by atoms with van der Waals surface area (Å²) < 4.78 is 0. The number of rotatable bonds is 3. The van der Waals surface area contributed by atoms with E-state index in [4.69, 9.17) is 5.11 Å². The molecule has 0 bridgehead atoms.